The molecule has 1 aromatic carbocycles. The third-order valence-electron chi connectivity index (χ3n) is 2.14. The van der Waals surface area contributed by atoms with Crippen molar-refractivity contribution in [2.45, 2.75) is 11.3 Å². The Morgan fingerprint density at radius 2 is 2.17 bits per heavy atom. The average molecular weight is 290 g/mol. The lowest BCUT2D eigenvalue weighted by molar-refractivity contribution is 0.289. The summed E-state index contributed by atoms with van der Waals surface area (Å²) in [6, 6.07) is 7.34. The molecular formula is C11H18N2O3S2. The lowest BCUT2D eigenvalue weighted by Crippen LogP contribution is -2.28. The molecule has 1 aromatic rings. The van der Waals surface area contributed by atoms with Crippen LogP contribution in [0.4, 0.5) is 5.69 Å². The van der Waals surface area contributed by atoms with Gasteiger partial charge in [0.2, 0.25) is 10.0 Å². The summed E-state index contributed by atoms with van der Waals surface area (Å²) in [6.45, 7) is 0.266. The van der Waals surface area contributed by atoms with Gasteiger partial charge in [0.25, 0.3) is 0 Å². The smallest absolute Gasteiger partial charge is 0.212 e. The van der Waals surface area contributed by atoms with Crippen LogP contribution in [0.25, 0.3) is 0 Å². The molecule has 1 rings (SSSR count). The normalized spacial score (nSPS) is 11.6. The summed E-state index contributed by atoms with van der Waals surface area (Å²) in [5.41, 5.74) is 6.30. The molecule has 0 unspecified atom stereocenters. The van der Waals surface area contributed by atoms with E-state index in [0.717, 1.165) is 4.90 Å². The first-order valence-corrected chi connectivity index (χ1v) is 8.24. The number of rotatable bonds is 8. The molecule has 0 saturated carbocycles. The van der Waals surface area contributed by atoms with Crippen LogP contribution in [0.2, 0.25) is 0 Å². The zero-order valence-corrected chi connectivity index (χ0v) is 11.6. The first kappa shape index (κ1) is 15.3. The topological polar surface area (TPSA) is 92.4 Å². The summed E-state index contributed by atoms with van der Waals surface area (Å²) < 4.78 is 25.5. The fourth-order valence-electron chi connectivity index (χ4n) is 1.25. The highest BCUT2D eigenvalue weighted by Crippen LogP contribution is 2.20. The maximum Gasteiger partial charge on any atom is 0.212 e. The van der Waals surface area contributed by atoms with E-state index in [1.807, 2.05) is 18.2 Å². The maximum absolute atomic E-state index is 11.5. The molecule has 4 N–H and O–H groups in total. The van der Waals surface area contributed by atoms with Gasteiger partial charge in [0.15, 0.2) is 0 Å². The van der Waals surface area contributed by atoms with Crippen LogP contribution < -0.4 is 10.5 Å². The minimum atomic E-state index is -3.25. The lowest BCUT2D eigenvalue weighted by Gasteiger charge is -2.06. The maximum atomic E-state index is 11.5. The van der Waals surface area contributed by atoms with E-state index in [2.05, 4.69) is 4.72 Å². The largest absolute Gasteiger partial charge is 0.399 e. The molecule has 5 nitrogen and oxygen atoms in total. The summed E-state index contributed by atoms with van der Waals surface area (Å²) in [4.78, 5) is 0.959. The van der Waals surface area contributed by atoms with Crippen molar-refractivity contribution in [3.05, 3.63) is 24.3 Å². The Morgan fingerprint density at radius 3 is 2.83 bits per heavy atom. The van der Waals surface area contributed by atoms with E-state index in [0.29, 0.717) is 17.9 Å². The van der Waals surface area contributed by atoms with Crippen LogP contribution in [0.1, 0.15) is 6.42 Å². The van der Waals surface area contributed by atoms with Gasteiger partial charge in [0.1, 0.15) is 0 Å². The molecule has 0 spiro atoms. The number of thioether (sulfide) groups is 1. The van der Waals surface area contributed by atoms with Crippen molar-refractivity contribution >= 4 is 27.5 Å². The molecule has 0 saturated heterocycles. The molecule has 0 heterocycles. The molecule has 102 valence electrons. The SMILES string of the molecule is Nc1cccc(SCCS(=O)(=O)NCCCO)c1. The highest BCUT2D eigenvalue weighted by molar-refractivity contribution is 8.00. The predicted octanol–water partition coefficient (Wildman–Crippen LogP) is 0.663. The van der Waals surface area contributed by atoms with Gasteiger partial charge >= 0.3 is 0 Å². The molecule has 0 atom stereocenters. The van der Waals surface area contributed by atoms with Gasteiger partial charge < -0.3 is 10.8 Å². The van der Waals surface area contributed by atoms with Gasteiger partial charge in [0.05, 0.1) is 5.75 Å². The summed E-state index contributed by atoms with van der Waals surface area (Å²) in [6.07, 6.45) is 0.432. The third kappa shape index (κ3) is 6.25. The fraction of sp³-hybridized carbons (Fsp3) is 0.455. The van der Waals surface area contributed by atoms with Gasteiger partial charge in [-0.15, -0.1) is 11.8 Å². The second-order valence-electron chi connectivity index (χ2n) is 3.71. The number of aliphatic hydroxyl groups excluding tert-OH is 1. The second kappa shape index (κ2) is 7.63. The quantitative estimate of drug-likeness (QED) is 0.372. The van der Waals surface area contributed by atoms with Gasteiger partial charge in [0, 0.05) is 29.5 Å². The predicted molar refractivity (Wildman–Crippen MR) is 75.1 cm³/mol. The molecule has 0 radical (unpaired) electrons. The van der Waals surface area contributed by atoms with E-state index in [4.69, 9.17) is 10.8 Å². The molecule has 0 aromatic heterocycles. The van der Waals surface area contributed by atoms with Crippen molar-refractivity contribution in [3.8, 4) is 0 Å². The molecule has 0 amide bonds. The highest BCUT2D eigenvalue weighted by Gasteiger charge is 2.09. The summed E-state index contributed by atoms with van der Waals surface area (Å²) in [7, 11) is -3.25. The number of anilines is 1. The Balaban J connectivity index is 2.32. The fourth-order valence-corrected chi connectivity index (χ4v) is 3.69. The van der Waals surface area contributed by atoms with Crippen LogP contribution in [-0.4, -0.2) is 38.2 Å². The minimum absolute atomic E-state index is 0.0133. The number of nitrogens with two attached hydrogens (primary N) is 1. The number of hydrogen-bond donors (Lipinski definition) is 3. The standard InChI is InChI=1S/C11H18N2O3S2/c12-10-3-1-4-11(9-10)17-7-8-18(15,16)13-5-2-6-14/h1,3-4,9,13-14H,2,5-8,12H2. The summed E-state index contributed by atoms with van der Waals surface area (Å²) in [5.74, 6) is 0.524. The van der Waals surface area contributed by atoms with E-state index in [1.165, 1.54) is 11.8 Å². The van der Waals surface area contributed by atoms with Gasteiger partial charge in [-0.3, -0.25) is 0 Å². The molecule has 7 heteroatoms. The zero-order valence-electron chi connectivity index (χ0n) is 10.0. The van der Waals surface area contributed by atoms with Crippen molar-refractivity contribution in [1.29, 1.82) is 0 Å². The molecule has 0 aliphatic carbocycles. The zero-order chi connectivity index (χ0) is 13.4. The average Bonchev–Trinajstić information content (AvgIpc) is 2.29. The van der Waals surface area contributed by atoms with E-state index >= 15 is 0 Å². The van der Waals surface area contributed by atoms with Gasteiger partial charge in [-0.1, -0.05) is 6.07 Å². The molecule has 0 aliphatic heterocycles. The Bertz CT molecular complexity index is 463. The van der Waals surface area contributed by atoms with E-state index in [1.54, 1.807) is 6.07 Å². The molecule has 0 aliphatic rings. The molecule has 18 heavy (non-hydrogen) atoms. The number of sulfonamides is 1. The van der Waals surface area contributed by atoms with Gasteiger partial charge in [-0.05, 0) is 24.6 Å². The van der Waals surface area contributed by atoms with Crippen LogP contribution >= 0.6 is 11.8 Å². The van der Waals surface area contributed by atoms with Crippen molar-refractivity contribution < 1.29 is 13.5 Å². The van der Waals surface area contributed by atoms with Crippen LogP contribution in [0.5, 0.6) is 0 Å². The third-order valence-corrected chi connectivity index (χ3v) is 4.78. The Kier molecular flexibility index (Phi) is 6.48. The van der Waals surface area contributed by atoms with Crippen LogP contribution in [-0.2, 0) is 10.0 Å². The lowest BCUT2D eigenvalue weighted by atomic mass is 10.3. The monoisotopic (exact) mass is 290 g/mol. The van der Waals surface area contributed by atoms with Gasteiger partial charge in [-0.2, -0.15) is 0 Å². The van der Waals surface area contributed by atoms with E-state index in [9.17, 15) is 8.42 Å². The highest BCUT2D eigenvalue weighted by atomic mass is 32.2. The number of benzene rings is 1. The van der Waals surface area contributed by atoms with Crippen LogP contribution in [0, 0.1) is 0 Å². The summed E-state index contributed by atoms with van der Waals surface area (Å²) in [5, 5.41) is 8.56. The van der Waals surface area contributed by atoms with Crippen molar-refractivity contribution in [2.75, 3.05) is 30.4 Å². The van der Waals surface area contributed by atoms with E-state index < -0.39 is 10.0 Å². The first-order valence-electron chi connectivity index (χ1n) is 5.60. The number of aliphatic hydroxyl groups is 1. The number of nitrogen functional groups attached to an aromatic ring is 1. The van der Waals surface area contributed by atoms with Crippen LogP contribution in [0.15, 0.2) is 29.2 Å². The summed E-state index contributed by atoms with van der Waals surface area (Å²) >= 11 is 1.45. The first-order chi connectivity index (χ1) is 8.53. The van der Waals surface area contributed by atoms with Crippen molar-refractivity contribution in [2.24, 2.45) is 0 Å². The Hall–Kier alpha value is -0.760. The number of hydrogen-bond acceptors (Lipinski definition) is 5. The Morgan fingerprint density at radius 1 is 1.39 bits per heavy atom. The second-order valence-corrected chi connectivity index (χ2v) is 6.81. The van der Waals surface area contributed by atoms with Crippen molar-refractivity contribution in [1.82, 2.24) is 4.72 Å². The Labute approximate surface area is 112 Å². The molecule has 0 fully saturated rings. The minimum Gasteiger partial charge on any atom is -0.399 e. The molecule has 0 bridgehead atoms. The van der Waals surface area contributed by atoms with Crippen LogP contribution in [0.3, 0.4) is 0 Å². The van der Waals surface area contributed by atoms with Crippen molar-refractivity contribution in [3.63, 3.8) is 0 Å². The van der Waals surface area contributed by atoms with Gasteiger partial charge in [-0.25, -0.2) is 13.1 Å². The molecular weight excluding hydrogens is 272 g/mol. The number of nitrogens with one attached hydrogen (secondary N) is 1. The van der Waals surface area contributed by atoms with E-state index in [-0.39, 0.29) is 18.9 Å².